The van der Waals surface area contributed by atoms with E-state index in [1.165, 1.54) is 17.9 Å². The van der Waals surface area contributed by atoms with Gasteiger partial charge in [-0.3, -0.25) is 18.7 Å². The quantitative estimate of drug-likeness (QED) is 0.702. The number of nitriles is 1. The molecule has 0 saturated heterocycles. The summed E-state index contributed by atoms with van der Waals surface area (Å²) in [4.78, 5) is 40.6. The van der Waals surface area contributed by atoms with E-state index in [0.717, 1.165) is 9.25 Å². The van der Waals surface area contributed by atoms with Gasteiger partial charge in [-0.25, -0.2) is 14.5 Å². The summed E-state index contributed by atoms with van der Waals surface area (Å²) in [5, 5.41) is 12.5. The number of nitrogens with two attached hydrogens (primary N) is 1. The van der Waals surface area contributed by atoms with Gasteiger partial charge >= 0.3 is 5.69 Å². The molecule has 0 aliphatic rings. The van der Waals surface area contributed by atoms with E-state index in [0.29, 0.717) is 0 Å². The van der Waals surface area contributed by atoms with Crippen molar-refractivity contribution in [1.82, 2.24) is 23.9 Å². The van der Waals surface area contributed by atoms with Crippen molar-refractivity contribution in [3.8, 4) is 6.07 Å². The maximum Gasteiger partial charge on any atom is 0.332 e. The van der Waals surface area contributed by atoms with Gasteiger partial charge in [0.1, 0.15) is 30.3 Å². The van der Waals surface area contributed by atoms with Crippen LogP contribution in [0.3, 0.4) is 0 Å². The lowest BCUT2D eigenvalue weighted by molar-refractivity contribution is 0.0965. The number of anilines is 1. The molecule has 0 aliphatic carbocycles. The van der Waals surface area contributed by atoms with Gasteiger partial charge in [0, 0.05) is 13.6 Å². The first-order valence-electron chi connectivity index (χ1n) is 7.18. The number of hydrogen-bond acceptors (Lipinski definition) is 7. The Morgan fingerprint density at radius 1 is 1.42 bits per heavy atom. The topological polar surface area (TPSA) is 142 Å². The Balaban J connectivity index is 2.51. The van der Waals surface area contributed by atoms with Crippen molar-refractivity contribution in [2.45, 2.75) is 26.9 Å². The third kappa shape index (κ3) is 3.10. The fourth-order valence-corrected chi connectivity index (χ4v) is 2.24. The van der Waals surface area contributed by atoms with Gasteiger partial charge in [0.15, 0.2) is 5.78 Å². The molecule has 24 heavy (non-hydrogen) atoms. The smallest absolute Gasteiger partial charge is 0.332 e. The molecule has 0 fully saturated rings. The molecule has 2 aromatic heterocycles. The molecule has 0 amide bonds. The van der Waals surface area contributed by atoms with E-state index in [4.69, 9.17) is 11.0 Å². The molecular formula is C14H17N7O3. The predicted octanol–water partition coefficient (Wildman–Crippen LogP) is -0.869. The Kier molecular flexibility index (Phi) is 4.64. The second-order valence-corrected chi connectivity index (χ2v) is 5.71. The van der Waals surface area contributed by atoms with Crippen LogP contribution in [0.15, 0.2) is 15.9 Å². The van der Waals surface area contributed by atoms with Crippen molar-refractivity contribution in [3.05, 3.63) is 38.6 Å². The fraction of sp³-hybridized carbons (Fsp3) is 0.429. The van der Waals surface area contributed by atoms with Gasteiger partial charge in [0.25, 0.3) is 11.4 Å². The first-order chi connectivity index (χ1) is 11.3. The first-order valence-corrected chi connectivity index (χ1v) is 7.18. The Bertz CT molecular complexity index is 943. The van der Waals surface area contributed by atoms with Crippen molar-refractivity contribution in [2.24, 2.45) is 13.0 Å². The van der Waals surface area contributed by atoms with Crippen molar-refractivity contribution in [2.75, 3.05) is 5.73 Å². The molecule has 2 heterocycles. The summed E-state index contributed by atoms with van der Waals surface area (Å²) >= 11 is 0. The zero-order valence-corrected chi connectivity index (χ0v) is 13.6. The Morgan fingerprint density at radius 3 is 2.62 bits per heavy atom. The fourth-order valence-electron chi connectivity index (χ4n) is 2.24. The van der Waals surface area contributed by atoms with E-state index < -0.39 is 17.0 Å². The normalized spacial score (nSPS) is 10.8. The number of nitrogen functional groups attached to an aromatic ring is 1. The van der Waals surface area contributed by atoms with Crippen LogP contribution in [-0.2, 0) is 20.1 Å². The third-order valence-corrected chi connectivity index (χ3v) is 3.35. The summed E-state index contributed by atoms with van der Waals surface area (Å²) in [5.74, 6) is -0.769. The molecule has 0 unspecified atom stereocenters. The number of hydrogen-bond donors (Lipinski definition) is 1. The van der Waals surface area contributed by atoms with Crippen LogP contribution in [0.1, 0.15) is 30.0 Å². The maximum atomic E-state index is 12.5. The van der Waals surface area contributed by atoms with Gasteiger partial charge in [-0.2, -0.15) is 5.26 Å². The van der Waals surface area contributed by atoms with E-state index in [1.807, 2.05) is 13.8 Å². The molecule has 0 aromatic carbocycles. The summed E-state index contributed by atoms with van der Waals surface area (Å²) in [5.41, 5.74) is 4.31. The van der Waals surface area contributed by atoms with E-state index in [1.54, 1.807) is 6.07 Å². The number of nitrogens with zero attached hydrogens (tertiary/aromatic N) is 6. The average Bonchev–Trinajstić information content (AvgIpc) is 2.97. The number of aromatic nitrogens is 5. The van der Waals surface area contributed by atoms with Crippen LogP contribution in [0, 0.1) is 17.2 Å². The summed E-state index contributed by atoms with van der Waals surface area (Å²) < 4.78 is 3.20. The second-order valence-electron chi connectivity index (χ2n) is 5.71. The molecule has 0 bridgehead atoms. The van der Waals surface area contributed by atoms with Crippen LogP contribution in [0.2, 0.25) is 0 Å². The van der Waals surface area contributed by atoms with Gasteiger partial charge in [0.2, 0.25) is 0 Å². The molecule has 2 rings (SSSR count). The summed E-state index contributed by atoms with van der Waals surface area (Å²) in [6, 6.07) is 1.74. The highest BCUT2D eigenvalue weighted by Crippen LogP contribution is 2.09. The van der Waals surface area contributed by atoms with Gasteiger partial charge in [-0.05, 0) is 5.92 Å². The largest absolute Gasteiger partial charge is 0.384 e. The third-order valence-electron chi connectivity index (χ3n) is 3.35. The standard InChI is InChI=1S/C14H17N7O3/c1-8(2)5-21-12(16)11(13(23)19(3)14(21)24)9(22)6-20-7-17-10(4-15)18-20/h7-8H,5-6,16H2,1-3H3. The predicted molar refractivity (Wildman–Crippen MR) is 84.3 cm³/mol. The molecule has 2 aromatic rings. The monoisotopic (exact) mass is 331 g/mol. The van der Waals surface area contributed by atoms with Gasteiger partial charge in [0.05, 0.1) is 0 Å². The van der Waals surface area contributed by atoms with Crippen LogP contribution in [-0.4, -0.2) is 29.7 Å². The molecule has 0 atom stereocenters. The van der Waals surface area contributed by atoms with Crippen LogP contribution in [0.5, 0.6) is 0 Å². The average molecular weight is 331 g/mol. The van der Waals surface area contributed by atoms with Crippen LogP contribution in [0.25, 0.3) is 0 Å². The van der Waals surface area contributed by atoms with Gasteiger partial charge in [-0.15, -0.1) is 5.10 Å². The minimum Gasteiger partial charge on any atom is -0.384 e. The molecule has 0 radical (unpaired) electrons. The number of rotatable bonds is 5. The van der Waals surface area contributed by atoms with E-state index in [9.17, 15) is 14.4 Å². The molecule has 0 saturated carbocycles. The number of ketones is 1. The Morgan fingerprint density at radius 2 is 2.08 bits per heavy atom. The maximum absolute atomic E-state index is 12.5. The highest BCUT2D eigenvalue weighted by molar-refractivity contribution is 5.99. The minimum atomic E-state index is -0.761. The molecule has 10 nitrogen and oxygen atoms in total. The molecule has 0 spiro atoms. The summed E-state index contributed by atoms with van der Waals surface area (Å²) in [6.07, 6.45) is 1.21. The number of carbonyl (C=O) groups excluding carboxylic acids is 1. The van der Waals surface area contributed by atoms with Crippen molar-refractivity contribution in [1.29, 1.82) is 5.26 Å². The highest BCUT2D eigenvalue weighted by atomic mass is 16.2. The Labute approximate surface area is 136 Å². The second kappa shape index (κ2) is 6.49. The number of Topliss-reactive ketones (excluding diaryl/α,β-unsaturated/α-hetero) is 1. The highest BCUT2D eigenvalue weighted by Gasteiger charge is 2.22. The lowest BCUT2D eigenvalue weighted by Crippen LogP contribution is -2.43. The molecule has 2 N–H and O–H groups in total. The van der Waals surface area contributed by atoms with E-state index >= 15 is 0 Å². The van der Waals surface area contributed by atoms with Crippen molar-refractivity contribution >= 4 is 11.6 Å². The Hall–Kier alpha value is -3.22. The lowest BCUT2D eigenvalue weighted by Gasteiger charge is -2.16. The van der Waals surface area contributed by atoms with Crippen molar-refractivity contribution in [3.63, 3.8) is 0 Å². The number of carbonyl (C=O) groups is 1. The molecular weight excluding hydrogens is 314 g/mol. The van der Waals surface area contributed by atoms with Gasteiger partial charge in [-0.1, -0.05) is 13.8 Å². The lowest BCUT2D eigenvalue weighted by atomic mass is 10.1. The molecule has 0 aliphatic heterocycles. The van der Waals surface area contributed by atoms with Crippen molar-refractivity contribution < 1.29 is 4.79 Å². The zero-order valence-electron chi connectivity index (χ0n) is 13.6. The van der Waals surface area contributed by atoms with Crippen LogP contribution in [0.4, 0.5) is 5.82 Å². The SMILES string of the molecule is CC(C)Cn1c(N)c(C(=O)Cn2cnc(C#N)n2)c(=O)n(C)c1=O. The summed E-state index contributed by atoms with van der Waals surface area (Å²) in [7, 11) is 1.29. The van der Waals surface area contributed by atoms with E-state index in [-0.39, 0.29) is 36.2 Å². The van der Waals surface area contributed by atoms with E-state index in [2.05, 4.69) is 10.1 Å². The first kappa shape index (κ1) is 17.1. The van der Waals surface area contributed by atoms with Crippen LogP contribution >= 0.6 is 0 Å². The summed E-state index contributed by atoms with van der Waals surface area (Å²) in [6.45, 7) is 3.74. The van der Waals surface area contributed by atoms with Gasteiger partial charge < -0.3 is 5.73 Å². The zero-order chi connectivity index (χ0) is 18.0. The minimum absolute atomic E-state index is 0.0894. The molecule has 10 heteroatoms. The van der Waals surface area contributed by atoms with Crippen LogP contribution < -0.4 is 17.0 Å². The molecule has 126 valence electrons.